The van der Waals surface area contributed by atoms with Crippen LogP contribution < -0.4 is 0 Å². The number of phosphoric acid groups is 2. The van der Waals surface area contributed by atoms with Gasteiger partial charge in [-0.1, -0.05) is 150 Å². The van der Waals surface area contributed by atoms with Gasteiger partial charge in [-0.15, -0.1) is 0 Å². The van der Waals surface area contributed by atoms with Gasteiger partial charge in [-0.05, 0) is 77.0 Å². The highest BCUT2D eigenvalue weighted by Gasteiger charge is 2.28. The van der Waals surface area contributed by atoms with E-state index in [9.17, 15) is 38.9 Å². The van der Waals surface area contributed by atoms with Crippen molar-refractivity contribution in [2.45, 2.75) is 167 Å². The van der Waals surface area contributed by atoms with Gasteiger partial charge in [0.05, 0.1) is 32.0 Å². The van der Waals surface area contributed by atoms with Crippen LogP contribution in [-0.4, -0.2) is 92.8 Å². The molecule has 0 aliphatic carbocycles. The van der Waals surface area contributed by atoms with Gasteiger partial charge in [0.2, 0.25) is 0 Å². The van der Waals surface area contributed by atoms with Crippen molar-refractivity contribution in [1.29, 1.82) is 0 Å². The van der Waals surface area contributed by atoms with Gasteiger partial charge in [-0.25, -0.2) is 9.13 Å². The maximum Gasteiger partial charge on any atom is 0.472 e. The summed E-state index contributed by atoms with van der Waals surface area (Å²) in [5.74, 6) is -1.30. The molecule has 0 aliphatic heterocycles. The van der Waals surface area contributed by atoms with Crippen LogP contribution in [0.1, 0.15) is 142 Å². The molecule has 0 radical (unpaired) electrons. The fourth-order valence-electron chi connectivity index (χ4n) is 5.54. The molecule has 0 saturated carbocycles. The molecule has 0 aromatic heterocycles. The molecular formula is C48H80O15P2. The molecular weight excluding hydrogens is 878 g/mol. The van der Waals surface area contributed by atoms with Crippen LogP contribution in [-0.2, 0) is 41.8 Å². The Balaban J connectivity index is 4.79. The van der Waals surface area contributed by atoms with E-state index in [2.05, 4.69) is 71.5 Å². The number of aliphatic hydroxyl groups is 3. The number of allylic oxidation sites excluding steroid dienone is 14. The number of unbranched alkanes of at least 4 members (excludes halogenated alkanes) is 8. The summed E-state index contributed by atoms with van der Waals surface area (Å²) in [6, 6.07) is 0. The molecule has 0 spiro atoms. The minimum absolute atomic E-state index is 0.102. The third-order valence-electron chi connectivity index (χ3n) is 9.14. The molecule has 372 valence electrons. The van der Waals surface area contributed by atoms with E-state index in [0.717, 1.165) is 70.6 Å². The summed E-state index contributed by atoms with van der Waals surface area (Å²) >= 11 is 0. The van der Waals surface area contributed by atoms with Gasteiger partial charge in [0, 0.05) is 12.8 Å². The van der Waals surface area contributed by atoms with Crippen LogP contribution in [0.25, 0.3) is 0 Å². The number of aliphatic hydroxyl groups excluding tert-OH is 3. The smallest absolute Gasteiger partial charge is 0.462 e. The lowest BCUT2D eigenvalue weighted by molar-refractivity contribution is -0.161. The highest BCUT2D eigenvalue weighted by molar-refractivity contribution is 7.47. The van der Waals surface area contributed by atoms with E-state index in [1.165, 1.54) is 19.3 Å². The van der Waals surface area contributed by atoms with Crippen molar-refractivity contribution in [1.82, 2.24) is 0 Å². The van der Waals surface area contributed by atoms with Gasteiger partial charge in [0.25, 0.3) is 0 Å². The number of carbonyl (C=O) groups excluding carboxylic acids is 2. The van der Waals surface area contributed by atoms with E-state index < -0.39 is 78.4 Å². The largest absolute Gasteiger partial charge is 0.472 e. The summed E-state index contributed by atoms with van der Waals surface area (Å²) in [6.07, 6.45) is 43.2. The van der Waals surface area contributed by atoms with Gasteiger partial charge >= 0.3 is 27.6 Å². The Morgan fingerprint density at radius 3 is 1.55 bits per heavy atom. The van der Waals surface area contributed by atoms with Crippen LogP contribution in [0.4, 0.5) is 0 Å². The molecule has 0 aromatic carbocycles. The average Bonchev–Trinajstić information content (AvgIpc) is 3.26. The Labute approximate surface area is 388 Å². The summed E-state index contributed by atoms with van der Waals surface area (Å²) in [5, 5.41) is 30.0. The molecule has 0 bridgehead atoms. The number of carbonyl (C=O) groups is 2. The standard InChI is InChI=1S/C48H80O15P2/c1-3-5-7-8-9-10-11-12-13-14-15-16-17-18-19-20-24-27-31-37-47(52)59-41-46(42-62-65(57,58)61-40-45(51)39-60-64(54,55)56)63-48(53)38-32-36-44(50)35-30-26-23-21-22-25-29-34-43(49)33-28-6-4-2/h9-10,12-13,15-16,18-19,22-23,25-26,29-30,34-35,43-46,49-51H,3-8,11,14,17,20-21,24,27-28,31-33,36-42H2,1-2H3,(H,57,58)(H2,54,55,56)/b10-9-,13-12-,16-15-,19-18-,25-22-,26-23-,34-29+,35-30+/t43-,44-,45+,46-/m1/s1. The topological polar surface area (TPSA) is 236 Å². The lowest BCUT2D eigenvalue weighted by Crippen LogP contribution is -2.30. The molecule has 0 rings (SSSR count). The van der Waals surface area contributed by atoms with Gasteiger partial charge < -0.3 is 39.5 Å². The Morgan fingerprint density at radius 1 is 0.508 bits per heavy atom. The molecule has 0 aromatic rings. The van der Waals surface area contributed by atoms with Crippen LogP contribution in [0.15, 0.2) is 97.2 Å². The normalized spacial score (nSPS) is 15.8. The van der Waals surface area contributed by atoms with Crippen molar-refractivity contribution in [2.24, 2.45) is 0 Å². The fourth-order valence-corrected chi connectivity index (χ4v) is 6.70. The summed E-state index contributed by atoms with van der Waals surface area (Å²) < 4.78 is 47.6. The minimum atomic E-state index is -4.90. The Kier molecular flexibility index (Phi) is 40.3. The first-order valence-electron chi connectivity index (χ1n) is 23.1. The second kappa shape index (κ2) is 42.3. The van der Waals surface area contributed by atoms with Crippen molar-refractivity contribution >= 4 is 27.6 Å². The SMILES string of the molecule is CCCCC/C=C\C/C=C\C/C=C\C/C=C\CCCCCC(=O)OC[C@H](COP(=O)(O)OC[C@@H](O)COP(=O)(O)O)OC(=O)CCC[C@H](O)/C=C/C=C\C/C=C\C=C\[C@H](O)CCCCC. The van der Waals surface area contributed by atoms with Gasteiger partial charge in [-0.2, -0.15) is 0 Å². The summed E-state index contributed by atoms with van der Waals surface area (Å²) in [4.78, 5) is 52.8. The summed E-state index contributed by atoms with van der Waals surface area (Å²) in [7, 11) is -9.79. The number of hydrogen-bond acceptors (Lipinski definition) is 12. The first-order valence-corrected chi connectivity index (χ1v) is 26.2. The zero-order valence-corrected chi connectivity index (χ0v) is 40.6. The quantitative estimate of drug-likeness (QED) is 0.0110. The van der Waals surface area contributed by atoms with Crippen LogP contribution >= 0.6 is 15.6 Å². The maximum atomic E-state index is 12.7. The zero-order chi connectivity index (χ0) is 48.3. The zero-order valence-electron chi connectivity index (χ0n) is 38.8. The van der Waals surface area contributed by atoms with Crippen LogP contribution in [0.2, 0.25) is 0 Å². The lowest BCUT2D eigenvalue weighted by atomic mass is 10.1. The highest BCUT2D eigenvalue weighted by Crippen LogP contribution is 2.43. The van der Waals surface area contributed by atoms with E-state index in [1.54, 1.807) is 24.3 Å². The maximum absolute atomic E-state index is 12.7. The number of rotatable bonds is 42. The number of esters is 2. The molecule has 15 nitrogen and oxygen atoms in total. The fraction of sp³-hybridized carbons (Fsp3) is 0.625. The molecule has 1 unspecified atom stereocenters. The summed E-state index contributed by atoms with van der Waals surface area (Å²) in [6.45, 7) is 1.32. The third kappa shape index (κ3) is 45.9. The molecule has 65 heavy (non-hydrogen) atoms. The predicted octanol–water partition coefficient (Wildman–Crippen LogP) is 10.1. The van der Waals surface area contributed by atoms with Gasteiger partial charge in [0.15, 0.2) is 6.10 Å². The Morgan fingerprint density at radius 2 is 0.985 bits per heavy atom. The Hall–Kier alpha value is -3.04. The molecule has 6 N–H and O–H groups in total. The van der Waals surface area contributed by atoms with Crippen molar-refractivity contribution in [2.75, 3.05) is 26.4 Å². The van der Waals surface area contributed by atoms with Crippen LogP contribution in [0.3, 0.4) is 0 Å². The average molecular weight is 959 g/mol. The van der Waals surface area contributed by atoms with Crippen LogP contribution in [0.5, 0.6) is 0 Å². The Bertz CT molecular complexity index is 1550. The lowest BCUT2D eigenvalue weighted by Gasteiger charge is -2.20. The molecule has 0 fully saturated rings. The van der Waals surface area contributed by atoms with E-state index in [1.807, 2.05) is 24.3 Å². The molecule has 17 heteroatoms. The van der Waals surface area contributed by atoms with Crippen molar-refractivity contribution in [3.8, 4) is 0 Å². The number of hydrogen-bond donors (Lipinski definition) is 6. The predicted molar refractivity (Wildman–Crippen MR) is 255 cm³/mol. The second-order valence-electron chi connectivity index (χ2n) is 15.4. The number of phosphoric ester groups is 2. The van der Waals surface area contributed by atoms with Crippen molar-refractivity contribution in [3.05, 3.63) is 97.2 Å². The van der Waals surface area contributed by atoms with Crippen molar-refractivity contribution < 1.29 is 71.8 Å². The molecule has 5 atom stereocenters. The van der Waals surface area contributed by atoms with Crippen LogP contribution in [0, 0.1) is 0 Å². The molecule has 0 amide bonds. The van der Waals surface area contributed by atoms with Gasteiger partial charge in [0.1, 0.15) is 12.7 Å². The highest BCUT2D eigenvalue weighted by atomic mass is 31.2. The number of ether oxygens (including phenoxy) is 2. The molecule has 0 heterocycles. The second-order valence-corrected chi connectivity index (χ2v) is 18.1. The van der Waals surface area contributed by atoms with E-state index >= 15 is 0 Å². The minimum Gasteiger partial charge on any atom is -0.462 e. The third-order valence-corrected chi connectivity index (χ3v) is 10.6. The first kappa shape index (κ1) is 62.0. The van der Waals surface area contributed by atoms with E-state index in [4.69, 9.17) is 23.8 Å². The first-order chi connectivity index (χ1) is 31.2. The molecule has 0 saturated heterocycles. The van der Waals surface area contributed by atoms with E-state index in [0.29, 0.717) is 12.8 Å². The van der Waals surface area contributed by atoms with E-state index in [-0.39, 0.29) is 25.7 Å². The van der Waals surface area contributed by atoms with Gasteiger partial charge in [-0.3, -0.25) is 23.2 Å². The summed E-state index contributed by atoms with van der Waals surface area (Å²) in [5.41, 5.74) is 0. The molecule has 0 aliphatic rings. The van der Waals surface area contributed by atoms with Crippen molar-refractivity contribution in [3.63, 3.8) is 0 Å². The monoisotopic (exact) mass is 958 g/mol.